The molecule has 0 unspecified atom stereocenters. The Balaban J connectivity index is 2.47. The first-order valence-corrected chi connectivity index (χ1v) is 8.78. The van der Waals surface area contributed by atoms with Gasteiger partial charge in [0.15, 0.2) is 0 Å². The van der Waals surface area contributed by atoms with Gasteiger partial charge in [0.1, 0.15) is 4.90 Å². The average Bonchev–Trinajstić information content (AvgIpc) is 2.34. The molecule has 0 radical (unpaired) electrons. The first kappa shape index (κ1) is 15.6. The number of hydrogen-bond acceptors (Lipinski definition) is 3. The smallest absolute Gasteiger partial charge is 0.263 e. The maximum absolute atomic E-state index is 12.3. The highest BCUT2D eigenvalue weighted by atomic mass is 79.9. The lowest BCUT2D eigenvalue weighted by Crippen LogP contribution is -2.15. The first-order valence-electron chi connectivity index (χ1n) is 5.33. The highest BCUT2D eigenvalue weighted by Gasteiger charge is 2.20. The van der Waals surface area contributed by atoms with E-state index in [-0.39, 0.29) is 15.6 Å². The van der Waals surface area contributed by atoms with Gasteiger partial charge in [0.2, 0.25) is 0 Å². The van der Waals surface area contributed by atoms with E-state index in [0.29, 0.717) is 10.2 Å². The monoisotopic (exact) mass is 438 g/mol. The van der Waals surface area contributed by atoms with Crippen LogP contribution in [-0.2, 0) is 10.0 Å². The zero-order valence-corrected chi connectivity index (χ0v) is 14.6. The van der Waals surface area contributed by atoms with Crippen molar-refractivity contribution in [3.05, 3.63) is 50.4 Å². The van der Waals surface area contributed by atoms with Gasteiger partial charge in [-0.2, -0.15) is 0 Å². The van der Waals surface area contributed by atoms with Crippen LogP contribution in [0.4, 0.5) is 11.4 Å². The number of halogens is 3. The lowest BCUT2D eigenvalue weighted by molar-refractivity contribution is 0.601. The normalized spacial score (nSPS) is 11.3. The van der Waals surface area contributed by atoms with Crippen molar-refractivity contribution in [1.82, 2.24) is 0 Å². The Morgan fingerprint density at radius 2 is 1.80 bits per heavy atom. The van der Waals surface area contributed by atoms with Gasteiger partial charge in [0.05, 0.1) is 16.4 Å². The molecule has 0 aromatic heterocycles. The number of nitrogens with one attached hydrogen (secondary N) is 1. The summed E-state index contributed by atoms with van der Waals surface area (Å²) >= 11 is 12.5. The number of nitrogen functional groups attached to an aromatic ring is 1. The van der Waals surface area contributed by atoms with Crippen molar-refractivity contribution in [2.24, 2.45) is 0 Å². The summed E-state index contributed by atoms with van der Waals surface area (Å²) < 4.78 is 28.4. The fourth-order valence-electron chi connectivity index (χ4n) is 1.55. The van der Waals surface area contributed by atoms with Crippen LogP contribution in [0.5, 0.6) is 0 Å². The minimum atomic E-state index is -3.81. The quantitative estimate of drug-likeness (QED) is 0.701. The van der Waals surface area contributed by atoms with Crippen LogP contribution in [0.1, 0.15) is 0 Å². The molecule has 0 aliphatic rings. The second-order valence-corrected chi connectivity index (χ2v) is 7.72. The number of benzene rings is 2. The minimum absolute atomic E-state index is 0.00381. The van der Waals surface area contributed by atoms with E-state index in [0.717, 1.165) is 4.47 Å². The Morgan fingerprint density at radius 3 is 2.40 bits per heavy atom. The molecular formula is C12H9Br2ClN2O2S. The number of nitrogens with two attached hydrogens (primary N) is 1. The maximum Gasteiger partial charge on any atom is 0.263 e. The Kier molecular flexibility index (Phi) is 4.63. The second-order valence-electron chi connectivity index (χ2n) is 3.89. The van der Waals surface area contributed by atoms with E-state index in [1.165, 1.54) is 12.1 Å². The molecule has 0 saturated carbocycles. The van der Waals surface area contributed by atoms with Crippen LogP contribution < -0.4 is 10.5 Å². The van der Waals surface area contributed by atoms with E-state index in [1.54, 1.807) is 24.3 Å². The molecule has 0 saturated heterocycles. The molecule has 2 aromatic carbocycles. The van der Waals surface area contributed by atoms with Crippen LogP contribution in [0.15, 0.2) is 50.2 Å². The predicted molar refractivity (Wildman–Crippen MR) is 88.5 cm³/mol. The molecule has 3 N–H and O–H groups in total. The van der Waals surface area contributed by atoms with Crippen LogP contribution in [-0.4, -0.2) is 8.42 Å². The molecule has 2 aromatic rings. The SMILES string of the molecule is Nc1cc(Br)cc(Br)c1NS(=O)(=O)c1ccccc1Cl. The fraction of sp³-hybridized carbons (Fsp3) is 0. The van der Waals surface area contributed by atoms with E-state index in [1.807, 2.05) is 0 Å². The van der Waals surface area contributed by atoms with Crippen LogP contribution in [0.25, 0.3) is 0 Å². The lowest BCUT2D eigenvalue weighted by atomic mass is 10.3. The third-order valence-corrected chi connectivity index (χ3v) is 5.38. The topological polar surface area (TPSA) is 72.2 Å². The molecule has 0 bridgehead atoms. The molecule has 0 aliphatic heterocycles. The van der Waals surface area contributed by atoms with Gasteiger partial charge in [0, 0.05) is 8.95 Å². The summed E-state index contributed by atoms with van der Waals surface area (Å²) in [4.78, 5) is -0.00381. The van der Waals surface area contributed by atoms with Gasteiger partial charge in [-0.25, -0.2) is 8.42 Å². The van der Waals surface area contributed by atoms with Crippen LogP contribution in [0.2, 0.25) is 5.02 Å². The molecule has 0 aliphatic carbocycles. The summed E-state index contributed by atoms with van der Waals surface area (Å²) in [7, 11) is -3.81. The minimum Gasteiger partial charge on any atom is -0.397 e. The third-order valence-electron chi connectivity index (χ3n) is 2.45. The molecule has 0 amide bonds. The number of rotatable bonds is 3. The molecular weight excluding hydrogens is 431 g/mol. The van der Waals surface area contributed by atoms with Crippen molar-refractivity contribution >= 4 is 64.9 Å². The largest absolute Gasteiger partial charge is 0.397 e. The Morgan fingerprint density at radius 1 is 1.15 bits per heavy atom. The molecule has 8 heteroatoms. The van der Waals surface area contributed by atoms with E-state index in [9.17, 15) is 8.42 Å². The van der Waals surface area contributed by atoms with Crippen LogP contribution in [0.3, 0.4) is 0 Å². The van der Waals surface area contributed by atoms with Gasteiger partial charge in [-0.05, 0) is 40.2 Å². The number of sulfonamides is 1. The molecule has 0 heterocycles. The summed E-state index contributed by atoms with van der Waals surface area (Å²) in [5, 5.41) is 0.145. The fourth-order valence-corrected chi connectivity index (χ4v) is 4.67. The first-order chi connectivity index (χ1) is 9.31. The third kappa shape index (κ3) is 3.28. The highest BCUT2D eigenvalue weighted by molar-refractivity contribution is 9.11. The number of hydrogen-bond donors (Lipinski definition) is 2. The van der Waals surface area contributed by atoms with Crippen molar-refractivity contribution in [2.75, 3.05) is 10.5 Å². The molecule has 0 fully saturated rings. The van der Waals surface area contributed by atoms with E-state index in [2.05, 4.69) is 36.6 Å². The average molecular weight is 441 g/mol. The Hall–Kier alpha value is -0.760. The highest BCUT2D eigenvalue weighted by Crippen LogP contribution is 2.34. The number of anilines is 2. The van der Waals surface area contributed by atoms with E-state index >= 15 is 0 Å². The van der Waals surface area contributed by atoms with Crippen molar-refractivity contribution in [3.8, 4) is 0 Å². The van der Waals surface area contributed by atoms with Gasteiger partial charge >= 0.3 is 0 Å². The zero-order valence-electron chi connectivity index (χ0n) is 9.90. The molecule has 0 spiro atoms. The summed E-state index contributed by atoms with van der Waals surface area (Å²) in [5.41, 5.74) is 6.39. The van der Waals surface area contributed by atoms with Crippen molar-refractivity contribution in [1.29, 1.82) is 0 Å². The molecule has 4 nitrogen and oxygen atoms in total. The zero-order chi connectivity index (χ0) is 14.9. The van der Waals surface area contributed by atoms with Crippen molar-refractivity contribution < 1.29 is 8.42 Å². The summed E-state index contributed by atoms with van der Waals surface area (Å²) in [5.74, 6) is 0. The van der Waals surface area contributed by atoms with E-state index in [4.69, 9.17) is 17.3 Å². The van der Waals surface area contributed by atoms with Gasteiger partial charge in [-0.15, -0.1) is 0 Å². The van der Waals surface area contributed by atoms with Crippen molar-refractivity contribution in [2.45, 2.75) is 4.90 Å². The van der Waals surface area contributed by atoms with E-state index < -0.39 is 10.0 Å². The Labute approximate surface area is 138 Å². The second kappa shape index (κ2) is 5.93. The Bertz CT molecular complexity index is 743. The van der Waals surface area contributed by atoms with Gasteiger partial charge in [-0.3, -0.25) is 4.72 Å². The summed E-state index contributed by atoms with van der Waals surface area (Å²) in [6.45, 7) is 0. The van der Waals surface area contributed by atoms with Gasteiger partial charge in [0.25, 0.3) is 10.0 Å². The summed E-state index contributed by atoms with van der Waals surface area (Å²) in [6, 6.07) is 9.49. The lowest BCUT2D eigenvalue weighted by Gasteiger charge is -2.13. The molecule has 106 valence electrons. The van der Waals surface area contributed by atoms with Crippen molar-refractivity contribution in [3.63, 3.8) is 0 Å². The molecule has 20 heavy (non-hydrogen) atoms. The summed E-state index contributed by atoms with van der Waals surface area (Å²) in [6.07, 6.45) is 0. The van der Waals surface area contributed by atoms with Gasteiger partial charge in [-0.1, -0.05) is 39.7 Å². The van der Waals surface area contributed by atoms with Gasteiger partial charge < -0.3 is 5.73 Å². The molecule has 2 rings (SSSR count). The van der Waals surface area contributed by atoms with Crippen LogP contribution in [0, 0.1) is 0 Å². The predicted octanol–water partition coefficient (Wildman–Crippen LogP) is 4.25. The molecule has 0 atom stereocenters. The maximum atomic E-state index is 12.3. The van der Waals surface area contributed by atoms with Crippen LogP contribution >= 0.6 is 43.5 Å². The standard InChI is InChI=1S/C12H9Br2ClN2O2S/c13-7-5-8(14)12(10(16)6-7)17-20(18,19)11-4-2-1-3-9(11)15/h1-6,17H,16H2.